The number of aryl methyl sites for hydroxylation is 2. The van der Waals surface area contributed by atoms with Gasteiger partial charge in [0.2, 0.25) is 5.88 Å². The second-order valence-electron chi connectivity index (χ2n) is 4.49. The van der Waals surface area contributed by atoms with Crippen molar-refractivity contribution in [1.82, 2.24) is 4.98 Å². The number of rotatable bonds is 5. The number of aromatic nitrogens is 1. The number of fused-ring (bicyclic) bond motifs is 1. The molecule has 1 aliphatic carbocycles. The Bertz CT molecular complexity index is 459. The molecule has 0 aromatic carbocycles. The molecular formula is C14H19NO4. The molecule has 2 rings (SSSR count). The monoisotopic (exact) mass is 265 g/mol. The first-order chi connectivity index (χ1) is 9.26. The van der Waals surface area contributed by atoms with E-state index in [4.69, 9.17) is 14.2 Å². The zero-order valence-electron chi connectivity index (χ0n) is 11.4. The third-order valence-corrected chi connectivity index (χ3v) is 3.20. The van der Waals surface area contributed by atoms with Crippen molar-refractivity contribution in [3.05, 3.63) is 22.9 Å². The van der Waals surface area contributed by atoms with Crippen molar-refractivity contribution in [3.63, 3.8) is 0 Å². The molecule has 0 spiro atoms. The summed E-state index contributed by atoms with van der Waals surface area (Å²) in [5, 5.41) is 0. The number of methoxy groups -OCH3 is 2. The van der Waals surface area contributed by atoms with E-state index in [9.17, 15) is 4.79 Å². The lowest BCUT2D eigenvalue weighted by atomic mass is 9.95. The quantitative estimate of drug-likeness (QED) is 0.600. The van der Waals surface area contributed by atoms with Crippen molar-refractivity contribution in [2.45, 2.75) is 25.7 Å². The molecule has 0 saturated heterocycles. The van der Waals surface area contributed by atoms with Gasteiger partial charge in [0.05, 0.1) is 13.7 Å². The molecular weight excluding hydrogens is 246 g/mol. The molecule has 1 heterocycles. The van der Waals surface area contributed by atoms with Crippen molar-refractivity contribution in [1.29, 1.82) is 0 Å². The summed E-state index contributed by atoms with van der Waals surface area (Å²) < 4.78 is 15.2. The molecule has 19 heavy (non-hydrogen) atoms. The van der Waals surface area contributed by atoms with Gasteiger partial charge in [-0.3, -0.25) is 0 Å². The highest BCUT2D eigenvalue weighted by Crippen LogP contribution is 2.26. The average Bonchev–Trinajstić information content (AvgIpc) is 2.46. The Balaban J connectivity index is 2.29. The van der Waals surface area contributed by atoms with Crippen LogP contribution in [0.2, 0.25) is 0 Å². The lowest BCUT2D eigenvalue weighted by Gasteiger charge is -2.18. The minimum absolute atomic E-state index is 0.351. The van der Waals surface area contributed by atoms with E-state index in [0.717, 1.165) is 36.9 Å². The van der Waals surface area contributed by atoms with Crippen LogP contribution in [0.15, 0.2) is 6.07 Å². The Kier molecular flexibility index (Phi) is 4.74. The van der Waals surface area contributed by atoms with Gasteiger partial charge in [-0.2, -0.15) is 0 Å². The van der Waals surface area contributed by atoms with Crippen LogP contribution in [-0.4, -0.2) is 38.4 Å². The maximum Gasteiger partial charge on any atom is 0.343 e. The van der Waals surface area contributed by atoms with E-state index in [2.05, 4.69) is 4.98 Å². The normalized spacial score (nSPS) is 13.8. The van der Waals surface area contributed by atoms with E-state index in [-0.39, 0.29) is 0 Å². The summed E-state index contributed by atoms with van der Waals surface area (Å²) in [5.74, 6) is -0.0576. The smallest absolute Gasteiger partial charge is 0.343 e. The van der Waals surface area contributed by atoms with Crippen LogP contribution < -0.4 is 4.74 Å². The lowest BCUT2D eigenvalue weighted by Crippen LogP contribution is -2.15. The predicted octanol–water partition coefficient (Wildman–Crippen LogP) is 1.77. The van der Waals surface area contributed by atoms with Crippen molar-refractivity contribution in [3.8, 4) is 5.88 Å². The van der Waals surface area contributed by atoms with E-state index < -0.39 is 5.97 Å². The van der Waals surface area contributed by atoms with Gasteiger partial charge < -0.3 is 14.2 Å². The zero-order chi connectivity index (χ0) is 13.7. The lowest BCUT2D eigenvalue weighted by molar-refractivity contribution is 0.0592. The molecule has 0 aliphatic heterocycles. The second-order valence-corrected chi connectivity index (χ2v) is 4.49. The van der Waals surface area contributed by atoms with Crippen LogP contribution >= 0.6 is 0 Å². The molecule has 0 bridgehead atoms. The Morgan fingerprint density at radius 1 is 1.26 bits per heavy atom. The number of carbonyl (C=O) groups excluding carboxylic acids is 1. The molecule has 0 atom stereocenters. The van der Waals surface area contributed by atoms with Gasteiger partial charge in [0, 0.05) is 12.8 Å². The minimum Gasteiger partial charge on any atom is -0.475 e. The summed E-state index contributed by atoms with van der Waals surface area (Å²) in [5.41, 5.74) is 2.57. The molecule has 0 fully saturated rings. The predicted molar refractivity (Wildman–Crippen MR) is 69.6 cm³/mol. The zero-order valence-corrected chi connectivity index (χ0v) is 11.4. The third-order valence-electron chi connectivity index (χ3n) is 3.20. The van der Waals surface area contributed by atoms with Crippen molar-refractivity contribution >= 4 is 5.97 Å². The number of ether oxygens (including phenoxy) is 3. The SMILES string of the molecule is COCCOc1nc2c(cc1C(=O)OC)CCCC2. The topological polar surface area (TPSA) is 57.7 Å². The third kappa shape index (κ3) is 3.23. The van der Waals surface area contributed by atoms with Crippen LogP contribution in [0.3, 0.4) is 0 Å². The van der Waals surface area contributed by atoms with Gasteiger partial charge >= 0.3 is 5.97 Å². The van der Waals surface area contributed by atoms with E-state index in [1.165, 1.54) is 7.11 Å². The first-order valence-corrected chi connectivity index (χ1v) is 6.49. The van der Waals surface area contributed by atoms with Crippen LogP contribution in [0, 0.1) is 0 Å². The number of esters is 1. The van der Waals surface area contributed by atoms with E-state index in [1.54, 1.807) is 7.11 Å². The second kappa shape index (κ2) is 6.52. The van der Waals surface area contributed by atoms with Gasteiger partial charge in [0.1, 0.15) is 12.2 Å². The van der Waals surface area contributed by atoms with Crippen molar-refractivity contribution < 1.29 is 19.0 Å². The Morgan fingerprint density at radius 3 is 2.79 bits per heavy atom. The summed E-state index contributed by atoms with van der Waals surface area (Å²) >= 11 is 0. The van der Waals surface area contributed by atoms with Crippen LogP contribution in [0.25, 0.3) is 0 Å². The van der Waals surface area contributed by atoms with E-state index in [1.807, 2.05) is 6.07 Å². The maximum atomic E-state index is 11.8. The summed E-state index contributed by atoms with van der Waals surface area (Å²) in [7, 11) is 2.96. The number of hydrogen-bond donors (Lipinski definition) is 0. The summed E-state index contributed by atoms with van der Waals surface area (Å²) in [6.07, 6.45) is 4.18. The fourth-order valence-electron chi connectivity index (χ4n) is 2.20. The maximum absolute atomic E-state index is 11.8. The standard InChI is InChI=1S/C14H19NO4/c1-17-7-8-19-13-11(14(16)18-2)9-10-5-3-4-6-12(10)15-13/h9H,3-8H2,1-2H3. The van der Waals surface area contributed by atoms with Crippen molar-refractivity contribution in [2.24, 2.45) is 0 Å². The summed E-state index contributed by atoms with van der Waals surface area (Å²) in [6, 6.07) is 1.86. The first-order valence-electron chi connectivity index (χ1n) is 6.49. The molecule has 1 aromatic rings. The van der Waals surface area contributed by atoms with Gasteiger partial charge in [-0.25, -0.2) is 9.78 Å². The molecule has 1 aliphatic rings. The van der Waals surface area contributed by atoms with Crippen LogP contribution in [0.5, 0.6) is 5.88 Å². The highest BCUT2D eigenvalue weighted by molar-refractivity contribution is 5.92. The average molecular weight is 265 g/mol. The molecule has 0 N–H and O–H groups in total. The molecule has 0 unspecified atom stereocenters. The molecule has 0 amide bonds. The van der Waals surface area contributed by atoms with Gasteiger partial charge in [0.15, 0.2) is 0 Å². The molecule has 1 aromatic heterocycles. The van der Waals surface area contributed by atoms with E-state index >= 15 is 0 Å². The number of pyridine rings is 1. The highest BCUT2D eigenvalue weighted by atomic mass is 16.5. The number of carbonyl (C=O) groups is 1. The summed E-state index contributed by atoms with van der Waals surface area (Å²) in [4.78, 5) is 16.3. The Hall–Kier alpha value is -1.62. The Morgan fingerprint density at radius 2 is 2.05 bits per heavy atom. The molecule has 0 saturated carbocycles. The van der Waals surface area contributed by atoms with Crippen LogP contribution in [-0.2, 0) is 22.3 Å². The first kappa shape index (κ1) is 13.8. The molecule has 104 valence electrons. The van der Waals surface area contributed by atoms with E-state index in [0.29, 0.717) is 24.7 Å². The number of nitrogens with zero attached hydrogens (tertiary/aromatic N) is 1. The largest absolute Gasteiger partial charge is 0.475 e. The molecule has 0 radical (unpaired) electrons. The minimum atomic E-state index is -0.409. The van der Waals surface area contributed by atoms with Gasteiger partial charge in [-0.15, -0.1) is 0 Å². The summed E-state index contributed by atoms with van der Waals surface area (Å²) in [6.45, 7) is 0.825. The molecule has 5 heteroatoms. The van der Waals surface area contributed by atoms with Gasteiger partial charge in [-0.1, -0.05) is 0 Å². The van der Waals surface area contributed by atoms with Crippen molar-refractivity contribution in [2.75, 3.05) is 27.4 Å². The fourth-order valence-corrected chi connectivity index (χ4v) is 2.20. The number of hydrogen-bond acceptors (Lipinski definition) is 5. The van der Waals surface area contributed by atoms with Gasteiger partial charge in [-0.05, 0) is 37.3 Å². The highest BCUT2D eigenvalue weighted by Gasteiger charge is 2.20. The van der Waals surface area contributed by atoms with Gasteiger partial charge in [0.25, 0.3) is 0 Å². The van der Waals surface area contributed by atoms with Crippen LogP contribution in [0.4, 0.5) is 0 Å². The molecule has 5 nitrogen and oxygen atoms in total. The fraction of sp³-hybridized carbons (Fsp3) is 0.571. The van der Waals surface area contributed by atoms with Crippen LogP contribution in [0.1, 0.15) is 34.5 Å². The Labute approximate surface area is 112 Å².